The van der Waals surface area contributed by atoms with Crippen LogP contribution in [0.1, 0.15) is 128 Å². The van der Waals surface area contributed by atoms with Crippen molar-refractivity contribution in [3.05, 3.63) is 336 Å². The van der Waals surface area contributed by atoms with Crippen molar-refractivity contribution in [3.63, 3.8) is 0 Å². The summed E-state index contributed by atoms with van der Waals surface area (Å²) in [6.07, 6.45) is 0. The molecular formula is C93H96N4O4. The first kappa shape index (κ1) is 69.9. The Kier molecular flexibility index (Phi) is 19.9. The zero-order valence-corrected chi connectivity index (χ0v) is 61.6. The third-order valence-electron chi connectivity index (χ3n) is 19.5. The third-order valence-corrected chi connectivity index (χ3v) is 19.5. The van der Waals surface area contributed by atoms with Crippen molar-refractivity contribution in [2.75, 3.05) is 48.0 Å². The average molecular weight is 1330 g/mol. The lowest BCUT2D eigenvalue weighted by atomic mass is 9.65. The zero-order chi connectivity index (χ0) is 71.4. The SMILES string of the molecule is COc1ccc(N(c2ccc(C(C)(C)C)cc2)c2ccc(C(c3ccc(N(c4ccc(OC)cc4)c4ccc(C(C)(C)C)cc4)cc3)(c3ccc(N(c4ccc(OC)cc4)c4ccc(C(C)(C)C)cc4)cc3)c3ccc(N(c4ccc(OC)cc4)c4ccc(C(C)(C)C)cc4)cc3)cc2)cc1. The van der Waals surface area contributed by atoms with Gasteiger partial charge < -0.3 is 38.5 Å². The number of hydrogen-bond donors (Lipinski definition) is 0. The van der Waals surface area contributed by atoms with E-state index in [1.165, 1.54) is 22.3 Å². The van der Waals surface area contributed by atoms with E-state index in [1.54, 1.807) is 28.4 Å². The lowest BCUT2D eigenvalue weighted by Gasteiger charge is -2.38. The van der Waals surface area contributed by atoms with Crippen molar-refractivity contribution in [3.8, 4) is 23.0 Å². The molecule has 101 heavy (non-hydrogen) atoms. The summed E-state index contributed by atoms with van der Waals surface area (Å²) >= 11 is 0. The number of ether oxygens (including phenoxy) is 4. The van der Waals surface area contributed by atoms with E-state index >= 15 is 0 Å². The van der Waals surface area contributed by atoms with Crippen molar-refractivity contribution in [1.29, 1.82) is 0 Å². The van der Waals surface area contributed by atoms with Crippen molar-refractivity contribution in [1.82, 2.24) is 0 Å². The molecule has 0 saturated heterocycles. The fraction of sp³-hybridized carbons (Fsp3) is 0.226. The molecule has 0 radical (unpaired) electrons. The van der Waals surface area contributed by atoms with Crippen LogP contribution < -0.4 is 38.5 Å². The molecule has 0 heterocycles. The van der Waals surface area contributed by atoms with Gasteiger partial charge in [0.2, 0.25) is 0 Å². The van der Waals surface area contributed by atoms with Gasteiger partial charge in [-0.3, -0.25) is 0 Å². The van der Waals surface area contributed by atoms with Gasteiger partial charge in [-0.1, -0.05) is 180 Å². The minimum absolute atomic E-state index is 0.0218. The monoisotopic (exact) mass is 1330 g/mol. The second kappa shape index (κ2) is 28.7. The van der Waals surface area contributed by atoms with Gasteiger partial charge in [-0.25, -0.2) is 0 Å². The highest BCUT2D eigenvalue weighted by atomic mass is 16.5. The van der Waals surface area contributed by atoms with Gasteiger partial charge in [-0.05, 0) is 260 Å². The van der Waals surface area contributed by atoms with E-state index in [1.807, 2.05) is 48.5 Å². The number of nitrogens with zero attached hydrogens (tertiary/aromatic N) is 4. The van der Waals surface area contributed by atoms with Gasteiger partial charge in [0, 0.05) is 68.2 Å². The Bertz CT molecular complexity index is 4070. The Morgan fingerprint density at radius 3 is 0.376 bits per heavy atom. The highest BCUT2D eigenvalue weighted by molar-refractivity contribution is 5.83. The van der Waals surface area contributed by atoms with E-state index in [4.69, 9.17) is 18.9 Å². The van der Waals surface area contributed by atoms with Crippen LogP contribution in [0.2, 0.25) is 0 Å². The van der Waals surface area contributed by atoms with Crippen LogP contribution in [0.25, 0.3) is 0 Å². The van der Waals surface area contributed by atoms with E-state index in [-0.39, 0.29) is 21.7 Å². The second-order valence-electron chi connectivity index (χ2n) is 30.3. The quantitative estimate of drug-likeness (QED) is 0.0700. The van der Waals surface area contributed by atoms with Crippen LogP contribution in [0, 0.1) is 0 Å². The number of rotatable bonds is 20. The van der Waals surface area contributed by atoms with E-state index in [9.17, 15) is 0 Å². The van der Waals surface area contributed by atoms with Crippen molar-refractivity contribution >= 4 is 68.2 Å². The van der Waals surface area contributed by atoms with Crippen molar-refractivity contribution in [2.45, 2.75) is 110 Å². The Morgan fingerprint density at radius 2 is 0.267 bits per heavy atom. The van der Waals surface area contributed by atoms with Crippen LogP contribution in [-0.4, -0.2) is 28.4 Å². The van der Waals surface area contributed by atoms with Crippen molar-refractivity contribution < 1.29 is 18.9 Å². The Hall–Kier alpha value is -11.0. The van der Waals surface area contributed by atoms with Gasteiger partial charge in [0.15, 0.2) is 0 Å². The van der Waals surface area contributed by atoms with Crippen LogP contribution >= 0.6 is 0 Å². The lowest BCUT2D eigenvalue weighted by molar-refractivity contribution is 0.414. The fourth-order valence-electron chi connectivity index (χ4n) is 13.6. The second-order valence-corrected chi connectivity index (χ2v) is 30.3. The maximum Gasteiger partial charge on any atom is 0.119 e. The van der Waals surface area contributed by atoms with Gasteiger partial charge in [0.1, 0.15) is 23.0 Å². The van der Waals surface area contributed by atoms with Crippen LogP contribution in [0.5, 0.6) is 23.0 Å². The molecule has 0 amide bonds. The van der Waals surface area contributed by atoms with Gasteiger partial charge in [0.25, 0.3) is 0 Å². The normalized spacial score (nSPS) is 12.0. The first-order chi connectivity index (χ1) is 48.4. The molecule has 0 N–H and O–H groups in total. The summed E-state index contributed by atoms with van der Waals surface area (Å²) in [6, 6.07) is 106. The largest absolute Gasteiger partial charge is 0.497 e. The molecule has 8 nitrogen and oxygen atoms in total. The standard InChI is InChI=1S/C93H96N4O4/c1-89(2,3)65-17-33-73(34-18-65)94(81-49-57-85(98-13)58-50-81)77-41-25-69(26-42-77)93(70-27-43-78(44-28-70)95(82-51-59-86(99-14)60-52-82)74-35-19-66(20-36-74)90(4,5)6,71-29-45-79(46-30-71)96(83-53-61-87(100-15)62-54-83)75-37-21-67(22-38-75)91(7,8)9)72-31-47-80(48-32-72)97(84-55-63-88(101-16)64-56-84)76-39-23-68(24-40-76)92(10,11)12/h17-64H,1-16H3. The first-order valence-corrected chi connectivity index (χ1v) is 35.0. The van der Waals surface area contributed by atoms with Crippen LogP contribution in [0.4, 0.5) is 68.2 Å². The lowest BCUT2D eigenvalue weighted by Crippen LogP contribution is -2.31. The summed E-state index contributed by atoms with van der Waals surface area (Å²) in [5.74, 6) is 3.17. The molecule has 0 unspecified atom stereocenters. The summed E-state index contributed by atoms with van der Waals surface area (Å²) in [6.45, 7) is 27.1. The highest BCUT2D eigenvalue weighted by Gasteiger charge is 2.40. The Labute approximate surface area is 600 Å². The van der Waals surface area contributed by atoms with Crippen LogP contribution in [-0.2, 0) is 27.1 Å². The van der Waals surface area contributed by atoms with Crippen molar-refractivity contribution in [2.24, 2.45) is 0 Å². The molecule has 0 spiro atoms. The number of benzene rings is 12. The van der Waals surface area contributed by atoms with Gasteiger partial charge in [0.05, 0.1) is 33.9 Å². The minimum atomic E-state index is -0.953. The molecule has 0 saturated carbocycles. The highest BCUT2D eigenvalue weighted by Crippen LogP contribution is 2.51. The third kappa shape index (κ3) is 14.9. The molecule has 12 aromatic carbocycles. The molecule has 0 bridgehead atoms. The maximum atomic E-state index is 5.72. The van der Waals surface area contributed by atoms with Gasteiger partial charge in [-0.2, -0.15) is 0 Å². The summed E-state index contributed by atoms with van der Waals surface area (Å²) in [5.41, 5.74) is 20.5. The predicted molar refractivity (Wildman–Crippen MR) is 424 cm³/mol. The van der Waals surface area contributed by atoms with E-state index in [2.05, 4.69) is 345 Å². The number of hydrogen-bond acceptors (Lipinski definition) is 8. The topological polar surface area (TPSA) is 49.9 Å². The number of methoxy groups -OCH3 is 4. The molecule has 0 atom stereocenters. The minimum Gasteiger partial charge on any atom is -0.497 e. The molecule has 0 aliphatic heterocycles. The predicted octanol–water partition coefficient (Wildman–Crippen LogP) is 25.2. The molecular weight excluding hydrogens is 1240 g/mol. The summed E-state index contributed by atoms with van der Waals surface area (Å²) < 4.78 is 22.9. The Balaban J connectivity index is 1.11. The molecule has 12 aromatic rings. The smallest absolute Gasteiger partial charge is 0.119 e. The zero-order valence-electron chi connectivity index (χ0n) is 61.6. The van der Waals surface area contributed by atoms with E-state index in [0.717, 1.165) is 114 Å². The first-order valence-electron chi connectivity index (χ1n) is 35.0. The van der Waals surface area contributed by atoms with E-state index in [0.29, 0.717) is 0 Å². The molecule has 0 aliphatic rings. The van der Waals surface area contributed by atoms with Crippen LogP contribution in [0.15, 0.2) is 291 Å². The molecule has 0 aliphatic carbocycles. The van der Waals surface area contributed by atoms with Crippen LogP contribution in [0.3, 0.4) is 0 Å². The van der Waals surface area contributed by atoms with Gasteiger partial charge in [-0.15, -0.1) is 0 Å². The molecule has 0 fully saturated rings. The molecule has 8 heteroatoms. The van der Waals surface area contributed by atoms with E-state index < -0.39 is 5.41 Å². The maximum absolute atomic E-state index is 5.72. The fourth-order valence-corrected chi connectivity index (χ4v) is 13.6. The molecule has 0 aromatic heterocycles. The summed E-state index contributed by atoms with van der Waals surface area (Å²) in [5, 5.41) is 0. The van der Waals surface area contributed by atoms with Gasteiger partial charge >= 0.3 is 0 Å². The number of anilines is 12. The Morgan fingerprint density at radius 1 is 0.158 bits per heavy atom. The summed E-state index contributed by atoms with van der Waals surface area (Å²) in [7, 11) is 6.85. The average Bonchev–Trinajstić information content (AvgIpc) is 0.727. The molecule has 512 valence electrons. The summed E-state index contributed by atoms with van der Waals surface area (Å²) in [4.78, 5) is 9.34. The molecule has 12 rings (SSSR count).